The van der Waals surface area contributed by atoms with Crippen molar-refractivity contribution in [3.05, 3.63) is 47.0 Å². The molecule has 0 saturated carbocycles. The lowest BCUT2D eigenvalue weighted by Gasteiger charge is -2.38. The van der Waals surface area contributed by atoms with Gasteiger partial charge in [-0.05, 0) is 50.2 Å². The Labute approximate surface area is 172 Å². The lowest BCUT2D eigenvalue weighted by Crippen LogP contribution is -2.53. The van der Waals surface area contributed by atoms with Crippen LogP contribution in [0.5, 0.6) is 11.5 Å². The highest BCUT2D eigenvalue weighted by Crippen LogP contribution is 2.39. The Hall–Kier alpha value is -3.06. The lowest BCUT2D eigenvalue weighted by atomic mass is 10.0. The van der Waals surface area contributed by atoms with E-state index in [1.807, 2.05) is 0 Å². The fraction of sp³-hybridized carbons (Fsp3) is 0.286. The van der Waals surface area contributed by atoms with Crippen LogP contribution >= 0.6 is 11.6 Å². The molecule has 2 amide bonds. The van der Waals surface area contributed by atoms with E-state index < -0.39 is 5.60 Å². The van der Waals surface area contributed by atoms with Crippen LogP contribution in [0.1, 0.15) is 24.2 Å². The van der Waals surface area contributed by atoms with Crippen LogP contribution in [0.15, 0.2) is 36.4 Å². The Kier molecular flexibility index (Phi) is 4.50. The summed E-state index contributed by atoms with van der Waals surface area (Å²) in [6.07, 6.45) is 0. The first-order chi connectivity index (χ1) is 13.7. The van der Waals surface area contributed by atoms with Crippen molar-refractivity contribution in [3.8, 4) is 11.5 Å². The van der Waals surface area contributed by atoms with Crippen LogP contribution < -0.4 is 19.3 Å². The van der Waals surface area contributed by atoms with Crippen molar-refractivity contribution in [1.82, 2.24) is 0 Å². The number of carbonyl (C=O) groups excluding carboxylic acids is 3. The molecule has 0 aliphatic carbocycles. The van der Waals surface area contributed by atoms with E-state index in [0.29, 0.717) is 33.5 Å². The minimum atomic E-state index is -1.11. The molecule has 29 heavy (non-hydrogen) atoms. The zero-order chi connectivity index (χ0) is 20.9. The summed E-state index contributed by atoms with van der Waals surface area (Å²) in [4.78, 5) is 40.7. The first-order valence-corrected chi connectivity index (χ1v) is 9.42. The number of Topliss-reactive ketones (excluding diaryl/α,β-unsaturated/α-hetero) is 1. The van der Waals surface area contributed by atoms with Gasteiger partial charge in [-0.25, -0.2) is 0 Å². The standard InChI is InChI=1S/C21H19ClN2O5/c1-21(2)20(27)24(15-9-13(22)5-7-18(15)29-21)10-16(25)12-4-6-17-14(8-12)23(3)19(26)11-28-17/h4-9H,10-11H2,1-3H3. The molecule has 2 aromatic rings. The van der Waals surface area contributed by atoms with Gasteiger partial charge in [0.1, 0.15) is 11.5 Å². The largest absolute Gasteiger partial charge is 0.482 e. The second-order valence-electron chi connectivity index (χ2n) is 7.46. The molecule has 0 atom stereocenters. The van der Waals surface area contributed by atoms with Crippen molar-refractivity contribution in [1.29, 1.82) is 0 Å². The van der Waals surface area contributed by atoms with Gasteiger partial charge in [0.05, 0.1) is 17.9 Å². The maximum atomic E-state index is 13.0. The molecule has 4 rings (SSSR count). The smallest absolute Gasteiger partial charge is 0.271 e. The molecule has 2 aliphatic heterocycles. The first-order valence-electron chi connectivity index (χ1n) is 9.04. The minimum Gasteiger partial charge on any atom is -0.482 e. The average Bonchev–Trinajstić information content (AvgIpc) is 2.68. The average molecular weight is 415 g/mol. The van der Waals surface area contributed by atoms with E-state index >= 15 is 0 Å². The van der Waals surface area contributed by atoms with Crippen molar-refractivity contribution < 1.29 is 23.9 Å². The molecule has 0 saturated heterocycles. The summed E-state index contributed by atoms with van der Waals surface area (Å²) in [7, 11) is 1.63. The number of rotatable bonds is 3. The van der Waals surface area contributed by atoms with E-state index in [2.05, 4.69) is 0 Å². The van der Waals surface area contributed by atoms with Crippen molar-refractivity contribution in [2.45, 2.75) is 19.4 Å². The second-order valence-corrected chi connectivity index (χ2v) is 7.90. The fourth-order valence-corrected chi connectivity index (χ4v) is 3.54. The number of ketones is 1. The number of nitrogens with zero attached hydrogens (tertiary/aromatic N) is 2. The molecule has 0 bridgehead atoms. The van der Waals surface area contributed by atoms with Gasteiger partial charge in [0.15, 0.2) is 18.0 Å². The summed E-state index contributed by atoms with van der Waals surface area (Å²) in [5.41, 5.74) is 0.222. The predicted octanol–water partition coefficient (Wildman–Crippen LogP) is 3.08. The predicted molar refractivity (Wildman–Crippen MR) is 108 cm³/mol. The van der Waals surface area contributed by atoms with E-state index in [4.69, 9.17) is 21.1 Å². The van der Waals surface area contributed by atoms with E-state index in [0.717, 1.165) is 0 Å². The molecule has 2 heterocycles. The third kappa shape index (κ3) is 3.31. The van der Waals surface area contributed by atoms with Crippen LogP contribution in [0.4, 0.5) is 11.4 Å². The highest BCUT2D eigenvalue weighted by molar-refractivity contribution is 6.31. The number of hydrogen-bond acceptors (Lipinski definition) is 5. The SMILES string of the molecule is CN1C(=O)COc2ccc(C(=O)CN3C(=O)C(C)(C)Oc4ccc(Cl)cc43)cc21. The summed E-state index contributed by atoms with van der Waals surface area (Å²) in [6.45, 7) is 3.09. The van der Waals surface area contributed by atoms with E-state index in [1.165, 1.54) is 9.80 Å². The summed E-state index contributed by atoms with van der Waals surface area (Å²) >= 11 is 6.09. The van der Waals surface area contributed by atoms with Gasteiger partial charge in [0, 0.05) is 17.6 Å². The summed E-state index contributed by atoms with van der Waals surface area (Å²) in [5.74, 6) is 0.196. The van der Waals surface area contributed by atoms with E-state index in [-0.39, 0.29) is 30.7 Å². The maximum Gasteiger partial charge on any atom is 0.271 e. The molecule has 8 heteroatoms. The molecule has 0 aromatic heterocycles. The van der Waals surface area contributed by atoms with Gasteiger partial charge in [-0.1, -0.05) is 11.6 Å². The molecule has 0 unspecified atom stereocenters. The number of halogens is 1. The molecule has 2 aromatic carbocycles. The van der Waals surface area contributed by atoms with Crippen molar-refractivity contribution in [2.24, 2.45) is 0 Å². The van der Waals surface area contributed by atoms with Gasteiger partial charge in [0.2, 0.25) is 0 Å². The van der Waals surface area contributed by atoms with Crippen molar-refractivity contribution in [3.63, 3.8) is 0 Å². The van der Waals surface area contributed by atoms with E-state index in [9.17, 15) is 14.4 Å². The van der Waals surface area contributed by atoms with Crippen molar-refractivity contribution >= 4 is 40.6 Å². The van der Waals surface area contributed by atoms with Gasteiger partial charge in [0.25, 0.3) is 11.8 Å². The van der Waals surface area contributed by atoms with Crippen LogP contribution in [-0.4, -0.2) is 43.4 Å². The quantitative estimate of drug-likeness (QED) is 0.721. The van der Waals surface area contributed by atoms with Crippen LogP contribution in [0.2, 0.25) is 5.02 Å². The third-order valence-corrected chi connectivity index (χ3v) is 5.24. The van der Waals surface area contributed by atoms with Gasteiger partial charge < -0.3 is 14.4 Å². The molecule has 150 valence electrons. The number of ether oxygens (including phenoxy) is 2. The number of likely N-dealkylation sites (N-methyl/N-ethyl adjacent to an activating group) is 1. The van der Waals surface area contributed by atoms with Crippen molar-refractivity contribution in [2.75, 3.05) is 30.0 Å². The Balaban J connectivity index is 1.67. The Morgan fingerprint density at radius 1 is 1.10 bits per heavy atom. The van der Waals surface area contributed by atoms with Crippen LogP contribution in [0.25, 0.3) is 0 Å². The number of fused-ring (bicyclic) bond motifs is 2. The molecule has 7 nitrogen and oxygen atoms in total. The zero-order valence-electron chi connectivity index (χ0n) is 16.2. The highest BCUT2D eigenvalue weighted by atomic mass is 35.5. The molecule has 2 aliphatic rings. The molecule has 0 N–H and O–H groups in total. The number of amides is 2. The topological polar surface area (TPSA) is 76.2 Å². The number of anilines is 2. The van der Waals surface area contributed by atoms with Gasteiger partial charge in [-0.3, -0.25) is 19.3 Å². The fourth-order valence-electron chi connectivity index (χ4n) is 3.38. The Bertz CT molecular complexity index is 1050. The van der Waals surface area contributed by atoms with Gasteiger partial charge in [-0.2, -0.15) is 0 Å². The molecular formula is C21H19ClN2O5. The second kappa shape index (κ2) is 6.77. The van der Waals surface area contributed by atoms with Gasteiger partial charge in [-0.15, -0.1) is 0 Å². The summed E-state index contributed by atoms with van der Waals surface area (Å²) < 4.78 is 11.2. The Morgan fingerprint density at radius 2 is 1.83 bits per heavy atom. The maximum absolute atomic E-state index is 13.0. The minimum absolute atomic E-state index is 0.0360. The van der Waals surface area contributed by atoms with Crippen LogP contribution in [0.3, 0.4) is 0 Å². The van der Waals surface area contributed by atoms with Crippen LogP contribution in [-0.2, 0) is 9.59 Å². The Morgan fingerprint density at radius 3 is 2.59 bits per heavy atom. The number of hydrogen-bond donors (Lipinski definition) is 0. The number of carbonyl (C=O) groups is 3. The third-order valence-electron chi connectivity index (χ3n) is 5.01. The van der Waals surface area contributed by atoms with Crippen LogP contribution in [0, 0.1) is 0 Å². The normalized spacial score (nSPS) is 17.2. The first kappa shape index (κ1) is 19.3. The molecular weight excluding hydrogens is 396 g/mol. The lowest BCUT2D eigenvalue weighted by molar-refractivity contribution is -0.132. The monoisotopic (exact) mass is 414 g/mol. The molecule has 0 fully saturated rings. The number of benzene rings is 2. The van der Waals surface area contributed by atoms with Gasteiger partial charge >= 0.3 is 0 Å². The van der Waals surface area contributed by atoms with E-state index in [1.54, 1.807) is 57.3 Å². The summed E-state index contributed by atoms with van der Waals surface area (Å²) in [5, 5.41) is 0.434. The summed E-state index contributed by atoms with van der Waals surface area (Å²) in [6, 6.07) is 9.83. The molecule has 0 radical (unpaired) electrons. The highest BCUT2D eigenvalue weighted by Gasteiger charge is 2.41. The molecule has 0 spiro atoms. The zero-order valence-corrected chi connectivity index (χ0v) is 16.9.